The zero-order valence-corrected chi connectivity index (χ0v) is 17.4. The summed E-state index contributed by atoms with van der Waals surface area (Å²) in [5, 5.41) is 6.15. The largest absolute Gasteiger partial charge is 0.497 e. The zero-order chi connectivity index (χ0) is 20.8. The first-order valence-corrected chi connectivity index (χ1v) is 9.24. The van der Waals surface area contributed by atoms with Crippen molar-refractivity contribution in [3.8, 4) is 11.5 Å². The Bertz CT molecular complexity index is 845. The average molecular weight is 405 g/mol. The first-order chi connectivity index (χ1) is 13.2. The van der Waals surface area contributed by atoms with Gasteiger partial charge in [-0.2, -0.15) is 0 Å². The van der Waals surface area contributed by atoms with E-state index in [1.807, 2.05) is 26.8 Å². The van der Waals surface area contributed by atoms with Crippen LogP contribution < -0.4 is 20.1 Å². The molecule has 1 atom stereocenters. The molecule has 0 heterocycles. The number of hydrogen-bond acceptors (Lipinski definition) is 4. The fraction of sp³-hybridized carbons (Fsp3) is 0.333. The van der Waals surface area contributed by atoms with Gasteiger partial charge in [-0.3, -0.25) is 9.59 Å². The Balaban J connectivity index is 2.18. The van der Waals surface area contributed by atoms with Crippen molar-refractivity contribution in [1.29, 1.82) is 0 Å². The number of halogens is 1. The number of benzene rings is 2. The molecule has 0 aliphatic heterocycles. The molecule has 0 spiro atoms. The first kappa shape index (κ1) is 21.6. The van der Waals surface area contributed by atoms with E-state index in [-0.39, 0.29) is 11.8 Å². The average Bonchev–Trinajstić information content (AvgIpc) is 2.67. The van der Waals surface area contributed by atoms with Gasteiger partial charge in [0.2, 0.25) is 5.91 Å². The molecule has 0 bridgehead atoms. The Morgan fingerprint density at radius 2 is 1.61 bits per heavy atom. The van der Waals surface area contributed by atoms with Gasteiger partial charge in [-0.1, -0.05) is 31.5 Å². The van der Waals surface area contributed by atoms with E-state index in [1.165, 1.54) is 14.2 Å². The van der Waals surface area contributed by atoms with Gasteiger partial charge >= 0.3 is 0 Å². The molecule has 7 heteroatoms. The van der Waals surface area contributed by atoms with E-state index in [0.29, 0.717) is 27.8 Å². The fourth-order valence-corrected chi connectivity index (χ4v) is 2.77. The number of rotatable bonds is 7. The monoisotopic (exact) mass is 404 g/mol. The SMILES string of the molecule is COc1cc(OC)cc(C(=O)N[C@H](C(=O)Nc2ccc(C)c(Cl)c2)C(C)C)c1. The highest BCUT2D eigenvalue weighted by atomic mass is 35.5. The Morgan fingerprint density at radius 1 is 1.00 bits per heavy atom. The maximum absolute atomic E-state index is 12.7. The standard InChI is InChI=1S/C21H25ClN2O4/c1-12(2)19(21(26)23-15-7-6-13(3)18(22)10-15)24-20(25)14-8-16(27-4)11-17(9-14)28-5/h6-12,19H,1-5H3,(H,23,26)(H,24,25)/t19-/m0/s1. The first-order valence-electron chi connectivity index (χ1n) is 8.86. The maximum atomic E-state index is 12.7. The lowest BCUT2D eigenvalue weighted by Gasteiger charge is -2.22. The van der Waals surface area contributed by atoms with E-state index < -0.39 is 11.9 Å². The topological polar surface area (TPSA) is 76.7 Å². The summed E-state index contributed by atoms with van der Waals surface area (Å²) < 4.78 is 10.4. The third-order valence-corrected chi connectivity index (χ3v) is 4.70. The second kappa shape index (κ2) is 9.46. The van der Waals surface area contributed by atoms with Crippen LogP contribution in [0.1, 0.15) is 29.8 Å². The lowest BCUT2D eigenvalue weighted by molar-refractivity contribution is -0.118. The van der Waals surface area contributed by atoms with Gasteiger partial charge in [0, 0.05) is 22.3 Å². The van der Waals surface area contributed by atoms with Crippen molar-refractivity contribution in [2.75, 3.05) is 19.5 Å². The van der Waals surface area contributed by atoms with Crippen LogP contribution in [0, 0.1) is 12.8 Å². The Hall–Kier alpha value is -2.73. The molecule has 2 aromatic rings. The van der Waals surface area contributed by atoms with E-state index in [2.05, 4.69) is 10.6 Å². The van der Waals surface area contributed by atoms with Crippen LogP contribution in [0.25, 0.3) is 0 Å². The molecule has 0 aliphatic carbocycles. The van der Waals surface area contributed by atoms with Gasteiger partial charge in [-0.15, -0.1) is 0 Å². The minimum atomic E-state index is -0.732. The Labute approximate surface area is 170 Å². The van der Waals surface area contributed by atoms with E-state index in [9.17, 15) is 9.59 Å². The molecule has 2 aromatic carbocycles. The number of carbonyl (C=O) groups excluding carboxylic acids is 2. The van der Waals surface area contributed by atoms with Crippen LogP contribution >= 0.6 is 11.6 Å². The number of nitrogens with one attached hydrogen (secondary N) is 2. The summed E-state index contributed by atoms with van der Waals surface area (Å²) in [6.45, 7) is 5.60. The van der Waals surface area contributed by atoms with Crippen LogP contribution in [0.15, 0.2) is 36.4 Å². The lowest BCUT2D eigenvalue weighted by Crippen LogP contribution is -2.47. The number of ether oxygens (including phenoxy) is 2. The number of carbonyl (C=O) groups is 2. The van der Waals surface area contributed by atoms with E-state index in [1.54, 1.807) is 30.3 Å². The second-order valence-corrected chi connectivity index (χ2v) is 7.16. The van der Waals surface area contributed by atoms with Crippen LogP contribution in [0.5, 0.6) is 11.5 Å². The number of aryl methyl sites for hydroxylation is 1. The molecule has 0 aliphatic rings. The molecule has 2 N–H and O–H groups in total. The summed E-state index contributed by atoms with van der Waals surface area (Å²) in [4.78, 5) is 25.5. The van der Waals surface area contributed by atoms with Crippen molar-refractivity contribution < 1.29 is 19.1 Å². The molecule has 0 aromatic heterocycles. The fourth-order valence-electron chi connectivity index (χ4n) is 2.59. The number of hydrogen-bond donors (Lipinski definition) is 2. The van der Waals surface area contributed by atoms with Crippen molar-refractivity contribution in [3.63, 3.8) is 0 Å². The predicted molar refractivity (Wildman–Crippen MR) is 110 cm³/mol. The minimum absolute atomic E-state index is 0.127. The number of anilines is 1. The maximum Gasteiger partial charge on any atom is 0.252 e. The molecular formula is C21H25ClN2O4. The van der Waals surface area contributed by atoms with Gasteiger partial charge in [-0.05, 0) is 42.7 Å². The van der Waals surface area contributed by atoms with Crippen LogP contribution in [-0.2, 0) is 4.79 Å². The van der Waals surface area contributed by atoms with Gasteiger partial charge in [0.25, 0.3) is 5.91 Å². The Kier molecular flexibility index (Phi) is 7.29. The number of methoxy groups -OCH3 is 2. The van der Waals surface area contributed by atoms with Crippen molar-refractivity contribution in [3.05, 3.63) is 52.5 Å². The van der Waals surface area contributed by atoms with Crippen molar-refractivity contribution >= 4 is 29.1 Å². The lowest BCUT2D eigenvalue weighted by atomic mass is 10.0. The van der Waals surface area contributed by atoms with Crippen LogP contribution in [0.4, 0.5) is 5.69 Å². The zero-order valence-electron chi connectivity index (χ0n) is 16.6. The molecule has 150 valence electrons. The van der Waals surface area contributed by atoms with Crippen molar-refractivity contribution in [2.24, 2.45) is 5.92 Å². The summed E-state index contributed by atoms with van der Waals surface area (Å²) in [5.74, 6) is 0.136. The van der Waals surface area contributed by atoms with Gasteiger partial charge in [-0.25, -0.2) is 0 Å². The third kappa shape index (κ3) is 5.39. The van der Waals surface area contributed by atoms with Gasteiger partial charge in [0.05, 0.1) is 14.2 Å². The number of amides is 2. The predicted octanol–water partition coefficient (Wildman–Crippen LogP) is 4.06. The molecular weight excluding hydrogens is 380 g/mol. The van der Waals surface area contributed by atoms with Crippen molar-refractivity contribution in [1.82, 2.24) is 5.32 Å². The third-order valence-electron chi connectivity index (χ3n) is 4.29. The van der Waals surface area contributed by atoms with E-state index in [4.69, 9.17) is 21.1 Å². The molecule has 2 amide bonds. The summed E-state index contributed by atoms with van der Waals surface area (Å²) in [6.07, 6.45) is 0. The molecule has 0 fully saturated rings. The highest BCUT2D eigenvalue weighted by Gasteiger charge is 2.25. The molecule has 28 heavy (non-hydrogen) atoms. The highest BCUT2D eigenvalue weighted by molar-refractivity contribution is 6.31. The van der Waals surface area contributed by atoms with Crippen molar-refractivity contribution in [2.45, 2.75) is 26.8 Å². The van der Waals surface area contributed by atoms with Crippen LogP contribution in [0.2, 0.25) is 5.02 Å². The summed E-state index contributed by atoms with van der Waals surface area (Å²) >= 11 is 6.12. The summed E-state index contributed by atoms with van der Waals surface area (Å²) in [7, 11) is 3.01. The van der Waals surface area contributed by atoms with Crippen LogP contribution in [0.3, 0.4) is 0 Å². The molecule has 0 saturated heterocycles. The minimum Gasteiger partial charge on any atom is -0.497 e. The Morgan fingerprint density at radius 3 is 2.11 bits per heavy atom. The van der Waals surface area contributed by atoms with E-state index >= 15 is 0 Å². The highest BCUT2D eigenvalue weighted by Crippen LogP contribution is 2.23. The molecule has 0 unspecified atom stereocenters. The second-order valence-electron chi connectivity index (χ2n) is 6.75. The van der Waals surface area contributed by atoms with Gasteiger partial charge in [0.15, 0.2) is 0 Å². The summed E-state index contributed by atoms with van der Waals surface area (Å²) in [5.41, 5.74) is 1.83. The van der Waals surface area contributed by atoms with E-state index in [0.717, 1.165) is 5.56 Å². The smallest absolute Gasteiger partial charge is 0.252 e. The molecule has 6 nitrogen and oxygen atoms in total. The molecule has 0 radical (unpaired) electrons. The normalized spacial score (nSPS) is 11.7. The summed E-state index contributed by atoms with van der Waals surface area (Å²) in [6, 6.07) is 9.39. The van der Waals surface area contributed by atoms with Gasteiger partial charge in [0.1, 0.15) is 17.5 Å². The van der Waals surface area contributed by atoms with Gasteiger partial charge < -0.3 is 20.1 Å². The molecule has 2 rings (SSSR count). The molecule has 0 saturated carbocycles. The van der Waals surface area contributed by atoms with Crippen LogP contribution in [-0.4, -0.2) is 32.1 Å². The quantitative estimate of drug-likeness (QED) is 0.729.